The number of hydrogen-bond acceptors (Lipinski definition) is 6. The van der Waals surface area contributed by atoms with E-state index in [1.165, 1.54) is 0 Å². The largest absolute Gasteiger partial charge is 0.380 e. The Morgan fingerprint density at radius 1 is 1.26 bits per heavy atom. The number of likely N-dealkylation sites (N-methyl/N-ethyl adjacent to an activating group) is 1. The second kappa shape index (κ2) is 6.76. The van der Waals surface area contributed by atoms with Crippen molar-refractivity contribution in [1.29, 1.82) is 0 Å². The molecule has 2 aliphatic heterocycles. The zero-order chi connectivity index (χ0) is 16.4. The van der Waals surface area contributed by atoms with Crippen LogP contribution in [0.1, 0.15) is 6.42 Å². The number of nitrogens with zero attached hydrogens (tertiary/aromatic N) is 5. The molecular formula is C15H22FN5O2. The summed E-state index contributed by atoms with van der Waals surface area (Å²) in [5.41, 5.74) is 0. The number of likely N-dealkylation sites (tertiary alicyclic amines) is 1. The van der Waals surface area contributed by atoms with Gasteiger partial charge in [-0.15, -0.1) is 0 Å². The Balaban J connectivity index is 1.56. The normalized spacial score (nSPS) is 25.9. The third-order valence-corrected chi connectivity index (χ3v) is 4.61. The molecule has 0 radical (unpaired) electrons. The van der Waals surface area contributed by atoms with Crippen LogP contribution in [0.4, 0.5) is 10.3 Å². The van der Waals surface area contributed by atoms with Gasteiger partial charge in [0.15, 0.2) is 5.82 Å². The molecule has 2 saturated heterocycles. The van der Waals surface area contributed by atoms with Crippen LogP contribution in [-0.2, 0) is 9.53 Å². The van der Waals surface area contributed by atoms with E-state index < -0.39 is 5.82 Å². The van der Waals surface area contributed by atoms with Crippen molar-refractivity contribution in [2.75, 3.05) is 51.8 Å². The maximum atomic E-state index is 12.9. The van der Waals surface area contributed by atoms with Crippen molar-refractivity contribution in [3.63, 3.8) is 0 Å². The lowest BCUT2D eigenvalue weighted by Crippen LogP contribution is -2.53. The number of carbonyl (C=O) groups is 1. The predicted molar refractivity (Wildman–Crippen MR) is 82.6 cm³/mol. The lowest BCUT2D eigenvalue weighted by atomic mass is 10.1. The van der Waals surface area contributed by atoms with Crippen LogP contribution >= 0.6 is 0 Å². The van der Waals surface area contributed by atoms with Crippen LogP contribution < -0.4 is 4.90 Å². The number of anilines is 1. The Labute approximate surface area is 135 Å². The molecule has 126 valence electrons. The van der Waals surface area contributed by atoms with Crippen molar-refractivity contribution >= 4 is 11.9 Å². The van der Waals surface area contributed by atoms with Crippen LogP contribution in [-0.4, -0.2) is 84.7 Å². The van der Waals surface area contributed by atoms with E-state index in [0.29, 0.717) is 32.1 Å². The first kappa shape index (κ1) is 16.1. The number of methoxy groups -OCH3 is 1. The minimum absolute atomic E-state index is 0.103. The summed E-state index contributed by atoms with van der Waals surface area (Å²) >= 11 is 0. The quantitative estimate of drug-likeness (QED) is 0.779. The molecule has 2 aliphatic rings. The van der Waals surface area contributed by atoms with E-state index in [2.05, 4.69) is 14.9 Å². The Kier molecular flexibility index (Phi) is 4.72. The van der Waals surface area contributed by atoms with Gasteiger partial charge in [0.2, 0.25) is 11.9 Å². The number of carbonyl (C=O) groups excluding carboxylic acids is 1. The van der Waals surface area contributed by atoms with Crippen molar-refractivity contribution in [3.8, 4) is 0 Å². The lowest BCUT2D eigenvalue weighted by Gasteiger charge is -2.36. The maximum Gasteiger partial charge on any atom is 0.240 e. The number of halogens is 1. The molecule has 0 spiro atoms. The van der Waals surface area contributed by atoms with E-state index in [-0.39, 0.29) is 18.1 Å². The molecule has 0 saturated carbocycles. The molecule has 23 heavy (non-hydrogen) atoms. The van der Waals surface area contributed by atoms with E-state index in [0.717, 1.165) is 25.4 Å². The summed E-state index contributed by atoms with van der Waals surface area (Å²) < 4.78 is 18.2. The molecule has 0 N–H and O–H groups in total. The highest BCUT2D eigenvalue weighted by Gasteiger charge is 2.37. The minimum Gasteiger partial charge on any atom is -0.380 e. The molecule has 1 amide bonds. The molecule has 7 nitrogen and oxygen atoms in total. The van der Waals surface area contributed by atoms with E-state index in [1.807, 2.05) is 16.8 Å². The fourth-order valence-electron chi connectivity index (χ4n) is 3.22. The summed E-state index contributed by atoms with van der Waals surface area (Å²) in [6, 6.07) is -0.103. The molecule has 0 aromatic carbocycles. The average Bonchev–Trinajstić information content (AvgIpc) is 2.96. The number of rotatable bonds is 3. The van der Waals surface area contributed by atoms with Gasteiger partial charge in [-0.3, -0.25) is 9.69 Å². The van der Waals surface area contributed by atoms with Crippen LogP contribution in [0, 0.1) is 5.82 Å². The van der Waals surface area contributed by atoms with Gasteiger partial charge in [0.25, 0.3) is 0 Å². The standard InChI is InChI=1S/C15H22FN5O2/c1-19-10-12(23-2)7-13(19)14(22)20-3-5-21(6-4-20)15-17-8-11(16)9-18-15/h8-9,12-13H,3-7,10H2,1-2H3/t12-,13-/m0/s1. The summed E-state index contributed by atoms with van der Waals surface area (Å²) in [6.07, 6.45) is 3.20. The SMILES string of the molecule is CO[C@H]1C[C@@H](C(=O)N2CCN(c3ncc(F)cn3)CC2)N(C)C1. The van der Waals surface area contributed by atoms with Crippen LogP contribution in [0.15, 0.2) is 12.4 Å². The van der Waals surface area contributed by atoms with E-state index in [4.69, 9.17) is 4.74 Å². The molecule has 2 atom stereocenters. The van der Waals surface area contributed by atoms with Gasteiger partial charge < -0.3 is 14.5 Å². The molecule has 1 aromatic heterocycles. The van der Waals surface area contributed by atoms with Crippen molar-refractivity contribution in [3.05, 3.63) is 18.2 Å². The fourth-order valence-corrected chi connectivity index (χ4v) is 3.22. The van der Waals surface area contributed by atoms with Crippen LogP contribution in [0.3, 0.4) is 0 Å². The number of hydrogen-bond donors (Lipinski definition) is 0. The summed E-state index contributed by atoms with van der Waals surface area (Å²) in [5, 5.41) is 0. The molecule has 8 heteroatoms. The zero-order valence-electron chi connectivity index (χ0n) is 13.5. The number of ether oxygens (including phenoxy) is 1. The van der Waals surface area contributed by atoms with Crippen LogP contribution in [0.25, 0.3) is 0 Å². The summed E-state index contributed by atoms with van der Waals surface area (Å²) in [5.74, 6) is 0.224. The van der Waals surface area contributed by atoms with Gasteiger partial charge >= 0.3 is 0 Å². The fraction of sp³-hybridized carbons (Fsp3) is 0.667. The van der Waals surface area contributed by atoms with Gasteiger partial charge in [-0.05, 0) is 13.5 Å². The molecule has 3 heterocycles. The highest BCUT2D eigenvalue weighted by atomic mass is 19.1. The topological polar surface area (TPSA) is 61.8 Å². The maximum absolute atomic E-state index is 12.9. The van der Waals surface area contributed by atoms with E-state index in [9.17, 15) is 9.18 Å². The molecule has 0 bridgehead atoms. The van der Waals surface area contributed by atoms with Crippen LogP contribution in [0.2, 0.25) is 0 Å². The zero-order valence-corrected chi connectivity index (χ0v) is 13.5. The lowest BCUT2D eigenvalue weighted by molar-refractivity contribution is -0.135. The second-order valence-electron chi connectivity index (χ2n) is 6.06. The highest BCUT2D eigenvalue weighted by Crippen LogP contribution is 2.21. The van der Waals surface area contributed by atoms with Gasteiger partial charge in [-0.1, -0.05) is 0 Å². The number of aromatic nitrogens is 2. The van der Waals surface area contributed by atoms with Crippen molar-refractivity contribution in [2.45, 2.75) is 18.6 Å². The predicted octanol–water partition coefficient (Wildman–Crippen LogP) is -0.0166. The van der Waals surface area contributed by atoms with Gasteiger partial charge in [-0.2, -0.15) is 0 Å². The van der Waals surface area contributed by atoms with Crippen molar-refractivity contribution < 1.29 is 13.9 Å². The summed E-state index contributed by atoms with van der Waals surface area (Å²) in [7, 11) is 3.65. The Bertz CT molecular complexity index is 547. The molecule has 3 rings (SSSR count). The Hall–Kier alpha value is -1.80. The first-order valence-corrected chi connectivity index (χ1v) is 7.83. The molecule has 1 aromatic rings. The molecule has 0 unspecified atom stereocenters. The second-order valence-corrected chi connectivity index (χ2v) is 6.06. The first-order chi connectivity index (χ1) is 11.1. The molecule has 0 aliphatic carbocycles. The number of piperazine rings is 1. The third-order valence-electron chi connectivity index (χ3n) is 4.61. The average molecular weight is 323 g/mol. The van der Waals surface area contributed by atoms with Gasteiger partial charge in [0.05, 0.1) is 24.5 Å². The van der Waals surface area contributed by atoms with Gasteiger partial charge in [0.1, 0.15) is 0 Å². The highest BCUT2D eigenvalue weighted by molar-refractivity contribution is 5.82. The van der Waals surface area contributed by atoms with Crippen molar-refractivity contribution in [1.82, 2.24) is 19.8 Å². The van der Waals surface area contributed by atoms with Gasteiger partial charge in [-0.25, -0.2) is 14.4 Å². The Morgan fingerprint density at radius 2 is 1.91 bits per heavy atom. The van der Waals surface area contributed by atoms with Crippen molar-refractivity contribution in [2.24, 2.45) is 0 Å². The summed E-state index contributed by atoms with van der Waals surface area (Å²) in [6.45, 7) is 3.35. The third kappa shape index (κ3) is 3.42. The first-order valence-electron chi connectivity index (χ1n) is 7.83. The van der Waals surface area contributed by atoms with Crippen LogP contribution in [0.5, 0.6) is 0 Å². The van der Waals surface area contributed by atoms with Gasteiger partial charge in [0, 0.05) is 39.8 Å². The number of amides is 1. The molecular weight excluding hydrogens is 301 g/mol. The smallest absolute Gasteiger partial charge is 0.240 e. The molecule has 2 fully saturated rings. The minimum atomic E-state index is -0.445. The monoisotopic (exact) mass is 323 g/mol. The Morgan fingerprint density at radius 3 is 2.48 bits per heavy atom. The van der Waals surface area contributed by atoms with E-state index in [1.54, 1.807) is 7.11 Å². The van der Waals surface area contributed by atoms with E-state index >= 15 is 0 Å². The summed E-state index contributed by atoms with van der Waals surface area (Å²) in [4.78, 5) is 26.6.